The number of halogens is 2. The Morgan fingerprint density at radius 2 is 2.16 bits per heavy atom. The van der Waals surface area contributed by atoms with Crippen LogP contribution in [-0.2, 0) is 19.6 Å². The molecule has 2 N–H and O–H groups in total. The molecule has 0 amide bonds. The van der Waals surface area contributed by atoms with Gasteiger partial charge in [-0.15, -0.1) is 0 Å². The molecule has 0 saturated heterocycles. The van der Waals surface area contributed by atoms with E-state index in [1.807, 2.05) is 4.90 Å². The Morgan fingerprint density at radius 1 is 1.30 bits per heavy atom. The molecule has 37 heavy (non-hydrogen) atoms. The number of carbonyl (C=O) groups excluding carboxylic acids is 1. The summed E-state index contributed by atoms with van der Waals surface area (Å²) in [6.45, 7) is 0.962. The maximum atomic E-state index is 14.9. The molecule has 3 heterocycles. The van der Waals surface area contributed by atoms with Gasteiger partial charge in [-0.1, -0.05) is 0 Å². The van der Waals surface area contributed by atoms with Gasteiger partial charge in [-0.3, -0.25) is 9.69 Å². The summed E-state index contributed by atoms with van der Waals surface area (Å²) in [6, 6.07) is 5.39. The molecule has 0 unspecified atom stereocenters. The van der Waals surface area contributed by atoms with Crippen LogP contribution in [0.4, 0.5) is 14.6 Å². The molecule has 1 fully saturated rings. The number of hydrogen-bond donors (Lipinski definition) is 2. The zero-order valence-electron chi connectivity index (χ0n) is 20.5. The van der Waals surface area contributed by atoms with Crippen LogP contribution in [0, 0.1) is 11.6 Å². The number of rotatable bonds is 11. The van der Waals surface area contributed by atoms with E-state index in [1.54, 1.807) is 18.3 Å². The van der Waals surface area contributed by atoms with Gasteiger partial charge in [-0.2, -0.15) is 4.39 Å². The van der Waals surface area contributed by atoms with Gasteiger partial charge in [0.2, 0.25) is 5.82 Å². The van der Waals surface area contributed by atoms with Gasteiger partial charge in [0.05, 0.1) is 12.3 Å². The number of hydrogen-bond acceptors (Lipinski definition) is 8. The van der Waals surface area contributed by atoms with Crippen molar-refractivity contribution in [2.45, 2.75) is 63.8 Å². The highest BCUT2D eigenvalue weighted by Gasteiger charge is 2.26. The molecule has 0 radical (unpaired) electrons. The number of Topliss-reactive ketones (excluding diaryl/α,β-unsaturated/α-hetero) is 1. The molecule has 1 aromatic carbocycles. The van der Waals surface area contributed by atoms with Gasteiger partial charge in [-0.25, -0.2) is 14.4 Å². The van der Waals surface area contributed by atoms with E-state index in [-0.39, 0.29) is 49.6 Å². The molecule has 5 rings (SSSR count). The van der Waals surface area contributed by atoms with E-state index in [2.05, 4.69) is 15.3 Å². The molecular formula is C27H30F2N4O4. The van der Waals surface area contributed by atoms with Gasteiger partial charge >= 0.3 is 0 Å². The number of nitrogens with one attached hydrogen (secondary N) is 1. The highest BCUT2D eigenvalue weighted by molar-refractivity contribution is 5.96. The average Bonchev–Trinajstić information content (AvgIpc) is 3.40. The first kappa shape index (κ1) is 25.3. The zero-order chi connectivity index (χ0) is 25.8. The van der Waals surface area contributed by atoms with Gasteiger partial charge in [0, 0.05) is 49.4 Å². The van der Waals surface area contributed by atoms with E-state index in [0.29, 0.717) is 41.7 Å². The normalized spacial score (nSPS) is 16.6. The lowest BCUT2D eigenvalue weighted by molar-refractivity contribution is 0.0832. The molecule has 8 nitrogen and oxygen atoms in total. The fourth-order valence-electron chi connectivity index (χ4n) is 4.66. The lowest BCUT2D eigenvalue weighted by Crippen LogP contribution is -2.37. The summed E-state index contributed by atoms with van der Waals surface area (Å²) < 4.78 is 40.0. The van der Waals surface area contributed by atoms with E-state index in [0.717, 1.165) is 12.8 Å². The van der Waals surface area contributed by atoms with Crippen molar-refractivity contribution in [3.8, 4) is 5.75 Å². The smallest absolute Gasteiger partial charge is 0.200 e. The molecule has 10 heteroatoms. The van der Waals surface area contributed by atoms with Crippen molar-refractivity contribution >= 4 is 11.6 Å². The average molecular weight is 513 g/mol. The van der Waals surface area contributed by atoms with Gasteiger partial charge in [-0.05, 0) is 55.9 Å². The van der Waals surface area contributed by atoms with Gasteiger partial charge in [0.25, 0.3) is 0 Å². The molecule has 1 atom stereocenters. The van der Waals surface area contributed by atoms with Gasteiger partial charge < -0.3 is 19.6 Å². The highest BCUT2D eigenvalue weighted by atomic mass is 19.2. The topological polar surface area (TPSA) is 101 Å². The van der Waals surface area contributed by atoms with Crippen LogP contribution < -0.4 is 10.1 Å². The fraction of sp³-hybridized carbons (Fsp3) is 0.444. The number of oxazole rings is 1. The zero-order valence-corrected chi connectivity index (χ0v) is 20.5. The SMILES string of the molecule is O=C(CC[C@H](O)CN1CCc2cc(OCc3cnco3)c(F)c(F)c2C1)c1ccnc(NC2CCC2)c1. The van der Waals surface area contributed by atoms with Crippen LogP contribution in [0.2, 0.25) is 0 Å². The second kappa shape index (κ2) is 11.4. The van der Waals surface area contributed by atoms with E-state index < -0.39 is 17.7 Å². The molecule has 1 saturated carbocycles. The lowest BCUT2D eigenvalue weighted by Gasteiger charge is -2.31. The van der Waals surface area contributed by atoms with Crippen molar-refractivity contribution in [3.05, 3.63) is 71.1 Å². The Bertz CT molecular complexity index is 1230. The summed E-state index contributed by atoms with van der Waals surface area (Å²) in [6.07, 6.45) is 7.93. The number of pyridine rings is 1. The number of β-amino-alcohol motifs (C(OH)–C–C–N with tert-alkyl or cyclic N) is 1. The third kappa shape index (κ3) is 6.14. The summed E-state index contributed by atoms with van der Waals surface area (Å²) >= 11 is 0. The van der Waals surface area contributed by atoms with Crippen molar-refractivity contribution in [2.24, 2.45) is 0 Å². The number of anilines is 1. The monoisotopic (exact) mass is 512 g/mol. The van der Waals surface area contributed by atoms with E-state index >= 15 is 0 Å². The number of benzene rings is 1. The minimum atomic E-state index is -1.05. The minimum absolute atomic E-state index is 0.0516. The number of fused-ring (bicyclic) bond motifs is 1. The summed E-state index contributed by atoms with van der Waals surface area (Å²) in [5, 5.41) is 13.9. The number of nitrogens with zero attached hydrogens (tertiary/aromatic N) is 3. The molecule has 3 aromatic rings. The number of ether oxygens (including phenoxy) is 1. The van der Waals surface area contributed by atoms with Crippen LogP contribution in [-0.4, -0.2) is 51.0 Å². The molecule has 1 aliphatic carbocycles. The maximum absolute atomic E-state index is 14.9. The number of aromatic nitrogens is 2. The number of ketones is 1. The highest BCUT2D eigenvalue weighted by Crippen LogP contribution is 2.31. The van der Waals surface area contributed by atoms with Crippen LogP contribution in [0.1, 0.15) is 59.3 Å². The van der Waals surface area contributed by atoms with E-state index in [1.165, 1.54) is 25.1 Å². The Labute approximate surface area is 213 Å². The Morgan fingerprint density at radius 3 is 2.92 bits per heavy atom. The third-order valence-corrected chi connectivity index (χ3v) is 7.01. The van der Waals surface area contributed by atoms with Crippen LogP contribution >= 0.6 is 0 Å². The van der Waals surface area contributed by atoms with Crippen LogP contribution in [0.25, 0.3) is 0 Å². The van der Waals surface area contributed by atoms with Crippen molar-refractivity contribution in [2.75, 3.05) is 18.4 Å². The van der Waals surface area contributed by atoms with Crippen molar-refractivity contribution in [3.63, 3.8) is 0 Å². The standard InChI is InChI=1S/C27H30F2N4O4/c28-26-22-14-33(9-7-17(22)10-24(27(26)29)36-15-21-12-30-16-37-21)13-20(34)4-5-23(35)18-6-8-31-25(11-18)32-19-2-1-3-19/h6,8,10-12,16,19-20,34H,1-5,7,9,13-15H2,(H,31,32)/t20-/m0/s1. The third-order valence-electron chi connectivity index (χ3n) is 7.01. The van der Waals surface area contributed by atoms with Crippen molar-refractivity contribution in [1.29, 1.82) is 0 Å². The Kier molecular flexibility index (Phi) is 7.76. The molecule has 0 spiro atoms. The molecule has 2 aromatic heterocycles. The first-order valence-electron chi connectivity index (χ1n) is 12.6. The van der Waals surface area contributed by atoms with Crippen LogP contribution in [0.15, 0.2) is 41.4 Å². The first-order valence-corrected chi connectivity index (χ1v) is 12.6. The summed E-state index contributed by atoms with van der Waals surface area (Å²) in [5.41, 5.74) is 1.51. The van der Waals surface area contributed by atoms with Crippen LogP contribution in [0.5, 0.6) is 5.75 Å². The summed E-state index contributed by atoms with van der Waals surface area (Å²) in [5.74, 6) is -1.11. The summed E-state index contributed by atoms with van der Waals surface area (Å²) in [4.78, 5) is 22.6. The maximum Gasteiger partial charge on any atom is 0.200 e. The van der Waals surface area contributed by atoms with Gasteiger partial charge in [0.15, 0.2) is 29.5 Å². The predicted molar refractivity (Wildman–Crippen MR) is 131 cm³/mol. The second-order valence-corrected chi connectivity index (χ2v) is 9.70. The minimum Gasteiger partial charge on any atom is -0.482 e. The van der Waals surface area contributed by atoms with Crippen molar-refractivity contribution in [1.82, 2.24) is 14.9 Å². The second-order valence-electron chi connectivity index (χ2n) is 9.70. The molecular weight excluding hydrogens is 482 g/mol. The predicted octanol–water partition coefficient (Wildman–Crippen LogP) is 4.27. The molecule has 2 aliphatic rings. The van der Waals surface area contributed by atoms with E-state index in [4.69, 9.17) is 9.15 Å². The number of aliphatic hydroxyl groups is 1. The number of aliphatic hydroxyl groups excluding tert-OH is 1. The Balaban J connectivity index is 1.13. The first-order chi connectivity index (χ1) is 18.0. The van der Waals surface area contributed by atoms with Crippen LogP contribution in [0.3, 0.4) is 0 Å². The van der Waals surface area contributed by atoms with Crippen molar-refractivity contribution < 1.29 is 27.8 Å². The largest absolute Gasteiger partial charge is 0.482 e. The van der Waals surface area contributed by atoms with Gasteiger partial charge in [0.1, 0.15) is 12.4 Å². The lowest BCUT2D eigenvalue weighted by atomic mass is 9.93. The quantitative estimate of drug-likeness (QED) is 0.368. The molecule has 0 bridgehead atoms. The van der Waals surface area contributed by atoms with E-state index in [9.17, 15) is 18.7 Å². The summed E-state index contributed by atoms with van der Waals surface area (Å²) in [7, 11) is 0. The fourth-order valence-corrected chi connectivity index (χ4v) is 4.66. The molecule has 1 aliphatic heterocycles. The Hall–Kier alpha value is -3.37. The molecule has 196 valence electrons. The number of carbonyl (C=O) groups is 1.